The van der Waals surface area contributed by atoms with Crippen molar-refractivity contribution in [1.82, 2.24) is 29.5 Å². The number of nitrogens with zero attached hydrogens (tertiary/aromatic N) is 9. The minimum absolute atomic E-state index is 0.115. The number of hydrogen-bond donors (Lipinski definition) is 0. The Morgan fingerprint density at radius 1 is 0.952 bits per heavy atom. The Balaban J connectivity index is 1.24. The fourth-order valence-corrected chi connectivity index (χ4v) is 6.69. The summed E-state index contributed by atoms with van der Waals surface area (Å²) < 4.78 is 2.04. The molecule has 0 N–H and O–H groups in total. The van der Waals surface area contributed by atoms with E-state index in [-0.39, 0.29) is 11.9 Å². The maximum Gasteiger partial charge on any atom is 0.222 e. The van der Waals surface area contributed by atoms with Gasteiger partial charge in [-0.3, -0.25) is 4.79 Å². The molecule has 1 unspecified atom stereocenters. The van der Waals surface area contributed by atoms with Gasteiger partial charge >= 0.3 is 0 Å². The lowest BCUT2D eigenvalue weighted by Crippen LogP contribution is -2.49. The van der Waals surface area contributed by atoms with Crippen molar-refractivity contribution in [2.75, 3.05) is 60.5 Å². The lowest BCUT2D eigenvalue weighted by molar-refractivity contribution is -0.132. The number of piperidine rings is 1. The van der Waals surface area contributed by atoms with Gasteiger partial charge in [-0.1, -0.05) is 26.0 Å². The highest BCUT2D eigenvalue weighted by molar-refractivity contribution is 5.92. The third kappa shape index (κ3) is 4.90. The molecular weight excluding hydrogens is 526 g/mol. The van der Waals surface area contributed by atoms with Crippen molar-refractivity contribution in [1.29, 1.82) is 0 Å². The van der Waals surface area contributed by atoms with E-state index >= 15 is 0 Å². The minimum Gasteiger partial charge on any atom is -0.356 e. The van der Waals surface area contributed by atoms with Crippen molar-refractivity contribution in [3.63, 3.8) is 0 Å². The number of rotatable bonds is 6. The molecule has 0 saturated carbocycles. The van der Waals surface area contributed by atoms with Gasteiger partial charge in [0, 0.05) is 69.8 Å². The zero-order valence-corrected chi connectivity index (χ0v) is 25.0. The molecule has 10 heteroatoms. The van der Waals surface area contributed by atoms with E-state index in [4.69, 9.17) is 15.1 Å². The zero-order valence-electron chi connectivity index (χ0n) is 25.0. The third-order valence-electron chi connectivity index (χ3n) is 9.10. The molecule has 0 spiro atoms. The summed E-state index contributed by atoms with van der Waals surface area (Å²) in [5.74, 6) is 3.72. The van der Waals surface area contributed by atoms with Crippen LogP contribution in [0.1, 0.15) is 63.3 Å². The second kappa shape index (κ2) is 11.0. The number of anilines is 3. The van der Waals surface area contributed by atoms with Crippen LogP contribution in [0.3, 0.4) is 0 Å². The average molecular weight is 568 g/mol. The number of carbonyl (C=O) groups is 1. The zero-order chi connectivity index (χ0) is 28.8. The van der Waals surface area contributed by atoms with Gasteiger partial charge in [0.1, 0.15) is 23.8 Å². The molecule has 220 valence electrons. The van der Waals surface area contributed by atoms with Crippen molar-refractivity contribution in [3.05, 3.63) is 47.9 Å². The van der Waals surface area contributed by atoms with Crippen LogP contribution in [0.25, 0.3) is 16.6 Å². The van der Waals surface area contributed by atoms with E-state index < -0.39 is 0 Å². The molecule has 3 fully saturated rings. The largest absolute Gasteiger partial charge is 0.356 e. The monoisotopic (exact) mass is 567 g/mol. The molecule has 3 saturated heterocycles. The number of piperazine rings is 1. The minimum atomic E-state index is 0.115. The fourth-order valence-electron chi connectivity index (χ4n) is 6.69. The summed E-state index contributed by atoms with van der Waals surface area (Å²) in [5, 5.41) is 6.38. The van der Waals surface area contributed by atoms with Gasteiger partial charge < -0.3 is 19.6 Å². The van der Waals surface area contributed by atoms with Gasteiger partial charge in [-0.25, -0.2) is 15.0 Å². The molecule has 1 aromatic carbocycles. The van der Waals surface area contributed by atoms with Gasteiger partial charge in [0.25, 0.3) is 0 Å². The summed E-state index contributed by atoms with van der Waals surface area (Å²) in [5.41, 5.74) is 4.09. The van der Waals surface area contributed by atoms with E-state index in [1.807, 2.05) is 9.42 Å². The summed E-state index contributed by atoms with van der Waals surface area (Å²) in [4.78, 5) is 36.4. The van der Waals surface area contributed by atoms with Gasteiger partial charge in [-0.05, 0) is 50.2 Å². The van der Waals surface area contributed by atoms with E-state index in [1.54, 1.807) is 6.33 Å². The summed E-state index contributed by atoms with van der Waals surface area (Å²) in [6.07, 6.45) is 6.81. The molecule has 6 heterocycles. The van der Waals surface area contributed by atoms with Crippen molar-refractivity contribution in [3.8, 4) is 0 Å². The van der Waals surface area contributed by atoms with Crippen molar-refractivity contribution in [2.24, 2.45) is 5.92 Å². The molecule has 7 rings (SSSR count). The molecule has 3 aliphatic heterocycles. The highest BCUT2D eigenvalue weighted by Gasteiger charge is 2.31. The van der Waals surface area contributed by atoms with Crippen LogP contribution in [-0.4, -0.2) is 81.2 Å². The molecule has 3 aliphatic rings. The maximum atomic E-state index is 12.7. The first kappa shape index (κ1) is 26.9. The van der Waals surface area contributed by atoms with Gasteiger partial charge in [0.05, 0.1) is 17.3 Å². The van der Waals surface area contributed by atoms with Gasteiger partial charge in [-0.2, -0.15) is 9.61 Å². The van der Waals surface area contributed by atoms with Gasteiger partial charge in [-0.15, -0.1) is 0 Å². The van der Waals surface area contributed by atoms with Crippen LogP contribution in [0.5, 0.6) is 0 Å². The van der Waals surface area contributed by atoms with Crippen LogP contribution in [0, 0.1) is 12.8 Å². The average Bonchev–Trinajstić information content (AvgIpc) is 3.40. The van der Waals surface area contributed by atoms with Crippen LogP contribution < -0.4 is 14.7 Å². The third-order valence-corrected chi connectivity index (χ3v) is 9.10. The predicted molar refractivity (Wildman–Crippen MR) is 166 cm³/mol. The highest BCUT2D eigenvalue weighted by Crippen LogP contribution is 2.38. The van der Waals surface area contributed by atoms with E-state index in [9.17, 15) is 4.79 Å². The van der Waals surface area contributed by atoms with E-state index in [1.165, 1.54) is 12.0 Å². The number of carbonyl (C=O) groups excluding carboxylic acids is 1. The summed E-state index contributed by atoms with van der Waals surface area (Å²) >= 11 is 0. The maximum absolute atomic E-state index is 12.7. The number of amides is 1. The van der Waals surface area contributed by atoms with Crippen LogP contribution in [0.15, 0.2) is 36.7 Å². The summed E-state index contributed by atoms with van der Waals surface area (Å²) in [7, 11) is 0. The highest BCUT2D eigenvalue weighted by atomic mass is 16.2. The lowest BCUT2D eigenvalue weighted by Gasteiger charge is -2.37. The van der Waals surface area contributed by atoms with E-state index in [2.05, 4.69) is 70.8 Å². The normalized spacial score (nSPS) is 19.7. The Hall–Kier alpha value is -3.95. The molecule has 0 aliphatic carbocycles. The van der Waals surface area contributed by atoms with Crippen LogP contribution in [0.4, 0.5) is 17.5 Å². The van der Waals surface area contributed by atoms with Gasteiger partial charge in [0.2, 0.25) is 5.91 Å². The molecule has 1 atom stereocenters. The predicted octanol–water partition coefficient (Wildman–Crippen LogP) is 4.62. The molecule has 10 nitrogen and oxygen atoms in total. The Morgan fingerprint density at radius 3 is 2.55 bits per heavy atom. The topological polar surface area (TPSA) is 86.0 Å². The Labute approximate surface area is 247 Å². The summed E-state index contributed by atoms with van der Waals surface area (Å²) in [6, 6.07) is 10.8. The number of hydrogen-bond acceptors (Lipinski definition) is 8. The van der Waals surface area contributed by atoms with Crippen molar-refractivity contribution >= 4 is 39.9 Å². The fraction of sp³-hybridized carbons (Fsp3) is 0.531. The van der Waals surface area contributed by atoms with Crippen molar-refractivity contribution < 1.29 is 4.79 Å². The van der Waals surface area contributed by atoms with Crippen LogP contribution in [-0.2, 0) is 4.79 Å². The Morgan fingerprint density at radius 2 is 1.79 bits per heavy atom. The number of fused-ring (bicyclic) bond motifs is 2. The molecule has 3 aromatic heterocycles. The first-order valence-corrected chi connectivity index (χ1v) is 15.6. The van der Waals surface area contributed by atoms with Gasteiger partial charge in [0.15, 0.2) is 5.65 Å². The Kier molecular flexibility index (Phi) is 7.07. The van der Waals surface area contributed by atoms with Crippen LogP contribution >= 0.6 is 0 Å². The second-order valence-corrected chi connectivity index (χ2v) is 12.5. The molecular formula is C32H41N9O. The first-order valence-electron chi connectivity index (χ1n) is 15.6. The van der Waals surface area contributed by atoms with Crippen LogP contribution in [0.2, 0.25) is 0 Å². The molecule has 0 bridgehead atoms. The Bertz CT molecular complexity index is 1600. The quantitative estimate of drug-likeness (QED) is 0.334. The molecule has 4 aromatic rings. The second-order valence-electron chi connectivity index (χ2n) is 12.5. The molecule has 1 amide bonds. The van der Waals surface area contributed by atoms with E-state index in [0.717, 1.165) is 105 Å². The lowest BCUT2D eigenvalue weighted by atomic mass is 9.98. The smallest absolute Gasteiger partial charge is 0.222 e. The van der Waals surface area contributed by atoms with Crippen molar-refractivity contribution in [2.45, 2.75) is 58.9 Å². The van der Waals surface area contributed by atoms with E-state index in [0.29, 0.717) is 12.3 Å². The molecule has 0 radical (unpaired) electrons. The summed E-state index contributed by atoms with van der Waals surface area (Å²) in [6.45, 7) is 12.4. The SMILES string of the molecule is Cc1cccc2ncnc(N3CCCCC3c3cc4nc(N5CCC5)cc(N5CCN(C(=O)CC(C)C)CC5)n4n3)c12. The number of benzene rings is 1. The number of aryl methyl sites for hydroxylation is 1. The standard InChI is InChI=1S/C32H41N9O/c1-22(2)18-30(42)39-16-14-38(15-17-39)29-20-27(37-11-7-12-37)35-28-19-25(36-41(28)29)26-10-4-5-13-40(26)32-31-23(3)8-6-9-24(31)33-21-34-32/h6,8-9,19-22,26H,4-5,7,10-18H2,1-3H3. The first-order chi connectivity index (χ1) is 20.5. The number of aromatic nitrogens is 5. The molecule has 42 heavy (non-hydrogen) atoms.